The monoisotopic (exact) mass is 292 g/mol. The van der Waals surface area contributed by atoms with Gasteiger partial charge in [0, 0.05) is 5.56 Å². The number of carbonyl (C=O) groups is 2. The molecule has 20 heavy (non-hydrogen) atoms. The molecule has 0 aliphatic heterocycles. The number of hydrogen-bond acceptors (Lipinski definition) is 4. The minimum absolute atomic E-state index is 0.162. The van der Waals surface area contributed by atoms with Gasteiger partial charge in [0.1, 0.15) is 12.4 Å². The van der Waals surface area contributed by atoms with Crippen molar-refractivity contribution in [1.82, 2.24) is 0 Å². The first-order valence-corrected chi connectivity index (χ1v) is 5.40. The molecule has 0 amide bonds. The van der Waals surface area contributed by atoms with Crippen LogP contribution in [0.3, 0.4) is 0 Å². The fraction of sp³-hybridized carbons (Fsp3) is 0.333. The van der Waals surface area contributed by atoms with Crippen molar-refractivity contribution in [2.45, 2.75) is 24.8 Å². The molecular weight excluding hydrogens is 281 g/mol. The molecule has 8 heteroatoms. The van der Waals surface area contributed by atoms with E-state index in [0.29, 0.717) is 12.1 Å². The summed E-state index contributed by atoms with van der Waals surface area (Å²) < 4.78 is 37.8. The van der Waals surface area contributed by atoms with Gasteiger partial charge in [-0.05, 0) is 23.8 Å². The Labute approximate surface area is 111 Å². The molecule has 0 spiro atoms. The average molecular weight is 292 g/mol. The van der Waals surface area contributed by atoms with E-state index in [1.807, 2.05) is 0 Å². The van der Waals surface area contributed by atoms with Crippen molar-refractivity contribution in [1.29, 1.82) is 0 Å². The number of hydrogen-bond donors (Lipinski definition) is 3. The summed E-state index contributed by atoms with van der Waals surface area (Å²) in [6, 6.07) is 2.10. The lowest BCUT2D eigenvalue weighted by Crippen LogP contribution is -2.22. The molecule has 1 aromatic rings. The van der Waals surface area contributed by atoms with Gasteiger partial charge in [-0.1, -0.05) is 0 Å². The van der Waals surface area contributed by atoms with Gasteiger partial charge in [0.15, 0.2) is 0 Å². The lowest BCUT2D eigenvalue weighted by molar-refractivity contribution is -0.141. The molecule has 0 heterocycles. The zero-order valence-electron chi connectivity index (χ0n) is 9.96. The van der Waals surface area contributed by atoms with Gasteiger partial charge in [0.05, 0.1) is 18.1 Å². The summed E-state index contributed by atoms with van der Waals surface area (Å²) in [5.74, 6) is -1.42. The van der Waals surface area contributed by atoms with Gasteiger partial charge in [0.2, 0.25) is 0 Å². The normalized spacial score (nSPS) is 14.7. The van der Waals surface area contributed by atoms with Crippen molar-refractivity contribution in [2.24, 2.45) is 0 Å². The number of rotatable bonds is 5. The molecule has 3 N–H and O–H groups in total. The number of carbonyl (C=O) groups excluding carboxylic acids is 1. The van der Waals surface area contributed by atoms with Crippen molar-refractivity contribution >= 4 is 12.3 Å². The fourth-order valence-electron chi connectivity index (χ4n) is 1.59. The molecule has 0 saturated carbocycles. The topological polar surface area (TPSA) is 94.8 Å². The molecule has 5 nitrogen and oxygen atoms in total. The molecule has 0 saturated heterocycles. The first-order chi connectivity index (χ1) is 9.15. The second kappa shape index (κ2) is 6.02. The first-order valence-electron chi connectivity index (χ1n) is 5.40. The van der Waals surface area contributed by atoms with Crippen LogP contribution in [0.15, 0.2) is 18.2 Å². The molecule has 0 aliphatic rings. The molecule has 0 fully saturated rings. The third kappa shape index (κ3) is 4.04. The highest BCUT2D eigenvalue weighted by Gasteiger charge is 2.32. The Morgan fingerprint density at radius 3 is 2.30 bits per heavy atom. The maximum absolute atomic E-state index is 12.6. The Hall–Kier alpha value is -1.93. The van der Waals surface area contributed by atoms with Crippen LogP contribution in [0.5, 0.6) is 0 Å². The maximum Gasteiger partial charge on any atom is 0.416 e. The summed E-state index contributed by atoms with van der Waals surface area (Å²) in [6.45, 7) is 0. The molecule has 110 valence electrons. The molecular formula is C12H11F3O5. The molecule has 0 aromatic heterocycles. The number of carboxylic acid groups (broad SMARTS) is 1. The highest BCUT2D eigenvalue weighted by molar-refractivity contribution is 5.75. The Morgan fingerprint density at radius 2 is 1.85 bits per heavy atom. The van der Waals surface area contributed by atoms with Gasteiger partial charge in [-0.2, -0.15) is 13.2 Å². The molecule has 1 aromatic carbocycles. The zero-order chi connectivity index (χ0) is 15.5. The maximum atomic E-state index is 12.6. The van der Waals surface area contributed by atoms with E-state index in [-0.39, 0.29) is 17.4 Å². The van der Waals surface area contributed by atoms with Crippen molar-refractivity contribution in [3.63, 3.8) is 0 Å². The average Bonchev–Trinajstić information content (AvgIpc) is 2.35. The number of aliphatic carboxylic acids is 1. The van der Waals surface area contributed by atoms with E-state index in [4.69, 9.17) is 5.11 Å². The Balaban J connectivity index is 3.17. The van der Waals surface area contributed by atoms with Gasteiger partial charge < -0.3 is 15.3 Å². The lowest BCUT2D eigenvalue weighted by Gasteiger charge is -2.18. The number of alkyl halides is 3. The van der Waals surface area contributed by atoms with E-state index in [1.165, 1.54) is 0 Å². The summed E-state index contributed by atoms with van der Waals surface area (Å²) in [7, 11) is 0. The predicted molar refractivity (Wildman–Crippen MR) is 60.1 cm³/mol. The van der Waals surface area contributed by atoms with E-state index in [2.05, 4.69) is 0 Å². The summed E-state index contributed by atoms with van der Waals surface area (Å²) in [5.41, 5.74) is -1.88. The lowest BCUT2D eigenvalue weighted by atomic mass is 9.97. The van der Waals surface area contributed by atoms with Gasteiger partial charge in [-0.25, -0.2) is 0 Å². The molecule has 0 radical (unpaired) electrons. The van der Waals surface area contributed by atoms with E-state index < -0.39 is 36.3 Å². The van der Waals surface area contributed by atoms with Crippen molar-refractivity contribution in [3.05, 3.63) is 34.9 Å². The SMILES string of the molecule is O=Cc1cc(C(O)C(O)CC(=O)O)cc(C(F)(F)F)c1. The second-order valence-corrected chi connectivity index (χ2v) is 4.11. The van der Waals surface area contributed by atoms with Crippen LogP contribution in [0.1, 0.15) is 34.0 Å². The quantitative estimate of drug-likeness (QED) is 0.713. The summed E-state index contributed by atoms with van der Waals surface area (Å²) in [5, 5.41) is 27.5. The number of aliphatic hydroxyl groups is 2. The largest absolute Gasteiger partial charge is 0.481 e. The number of aliphatic hydroxyl groups excluding tert-OH is 2. The predicted octanol–water partition coefficient (Wildman–Crippen LogP) is 1.39. The smallest absolute Gasteiger partial charge is 0.416 e. The van der Waals surface area contributed by atoms with E-state index in [1.54, 1.807) is 0 Å². The van der Waals surface area contributed by atoms with E-state index in [9.17, 15) is 33.0 Å². The van der Waals surface area contributed by atoms with E-state index in [0.717, 1.165) is 6.07 Å². The van der Waals surface area contributed by atoms with Crippen LogP contribution < -0.4 is 0 Å². The third-order valence-corrected chi connectivity index (χ3v) is 2.53. The van der Waals surface area contributed by atoms with Crippen molar-refractivity contribution < 1.29 is 38.1 Å². The minimum Gasteiger partial charge on any atom is -0.481 e. The second-order valence-electron chi connectivity index (χ2n) is 4.11. The number of benzene rings is 1. The zero-order valence-corrected chi connectivity index (χ0v) is 9.96. The van der Waals surface area contributed by atoms with Gasteiger partial charge in [-0.3, -0.25) is 9.59 Å². The number of halogens is 3. The van der Waals surface area contributed by atoms with Crippen LogP contribution >= 0.6 is 0 Å². The molecule has 0 aliphatic carbocycles. The highest BCUT2D eigenvalue weighted by Crippen LogP contribution is 2.32. The van der Waals surface area contributed by atoms with E-state index >= 15 is 0 Å². The van der Waals surface area contributed by atoms with Gasteiger partial charge in [0.25, 0.3) is 0 Å². The minimum atomic E-state index is -4.73. The Kier molecular flexibility index (Phi) is 4.85. The summed E-state index contributed by atoms with van der Waals surface area (Å²) in [6.07, 6.45) is -9.03. The van der Waals surface area contributed by atoms with Gasteiger partial charge in [-0.15, -0.1) is 0 Å². The Morgan fingerprint density at radius 1 is 1.25 bits per heavy atom. The van der Waals surface area contributed by atoms with Crippen LogP contribution in [0.25, 0.3) is 0 Å². The van der Waals surface area contributed by atoms with Crippen LogP contribution in [0.4, 0.5) is 13.2 Å². The first kappa shape index (κ1) is 16.1. The van der Waals surface area contributed by atoms with Crippen LogP contribution in [-0.4, -0.2) is 33.7 Å². The summed E-state index contributed by atoms with van der Waals surface area (Å²) >= 11 is 0. The van der Waals surface area contributed by atoms with Crippen LogP contribution in [-0.2, 0) is 11.0 Å². The number of aldehydes is 1. The standard InChI is InChI=1S/C12H11F3O5/c13-12(14,15)8-2-6(5-16)1-7(3-8)11(20)9(17)4-10(18)19/h1-3,5,9,11,17,20H,4H2,(H,18,19). The Bertz CT molecular complexity index is 512. The van der Waals surface area contributed by atoms with Crippen LogP contribution in [0.2, 0.25) is 0 Å². The fourth-order valence-corrected chi connectivity index (χ4v) is 1.59. The molecule has 2 unspecified atom stereocenters. The summed E-state index contributed by atoms with van der Waals surface area (Å²) in [4.78, 5) is 21.0. The molecule has 1 rings (SSSR count). The molecule has 0 bridgehead atoms. The van der Waals surface area contributed by atoms with Crippen LogP contribution in [0, 0.1) is 0 Å². The van der Waals surface area contributed by atoms with Crippen molar-refractivity contribution in [3.8, 4) is 0 Å². The molecule has 2 atom stereocenters. The highest BCUT2D eigenvalue weighted by atomic mass is 19.4. The van der Waals surface area contributed by atoms with Gasteiger partial charge >= 0.3 is 12.1 Å². The number of carboxylic acids is 1. The van der Waals surface area contributed by atoms with Crippen molar-refractivity contribution in [2.75, 3.05) is 0 Å². The third-order valence-electron chi connectivity index (χ3n) is 2.53.